The van der Waals surface area contributed by atoms with Crippen LogP contribution in [-0.4, -0.2) is 15.4 Å². The summed E-state index contributed by atoms with van der Waals surface area (Å²) in [4.78, 5) is 0. The average molecular weight is 126 g/mol. The summed E-state index contributed by atoms with van der Waals surface area (Å²) in [6, 6.07) is 0.0312. The Balaban J connectivity index is 2.65. The summed E-state index contributed by atoms with van der Waals surface area (Å²) in [5, 5.41) is 9.97. The van der Waals surface area contributed by atoms with Crippen LogP contribution in [-0.2, 0) is 0 Å². The van der Waals surface area contributed by atoms with Gasteiger partial charge >= 0.3 is 0 Å². The fourth-order valence-corrected chi connectivity index (χ4v) is 0.598. The highest BCUT2D eigenvalue weighted by atomic mass is 15.3. The number of hydrogen-bond acceptors (Lipinski definition) is 3. The van der Waals surface area contributed by atoms with E-state index in [0.717, 1.165) is 12.1 Å². The van der Waals surface area contributed by atoms with Crippen LogP contribution in [0.3, 0.4) is 0 Å². The highest BCUT2D eigenvalue weighted by molar-refractivity contribution is 4.96. The third kappa shape index (κ3) is 1.26. The quantitative estimate of drug-likeness (QED) is 0.595. The van der Waals surface area contributed by atoms with E-state index < -0.39 is 0 Å². The molecular formula is C5H10N4. The van der Waals surface area contributed by atoms with E-state index >= 15 is 0 Å². The van der Waals surface area contributed by atoms with E-state index in [9.17, 15) is 0 Å². The molecule has 0 saturated heterocycles. The standard InChI is InChI=1S/C5H10N4/c1-2-4(6)5-3-7-9-8-5/h3-4H,2,6H2,1H3,(H,7,8,9)/t4-/m0/s1. The Morgan fingerprint density at radius 1 is 1.89 bits per heavy atom. The van der Waals surface area contributed by atoms with Gasteiger partial charge in [0.1, 0.15) is 0 Å². The number of H-pyrrole nitrogens is 1. The first-order chi connectivity index (χ1) is 4.34. The molecule has 0 bridgehead atoms. The molecule has 9 heavy (non-hydrogen) atoms. The van der Waals surface area contributed by atoms with E-state index in [-0.39, 0.29) is 6.04 Å². The maximum Gasteiger partial charge on any atom is 0.0991 e. The van der Waals surface area contributed by atoms with Crippen LogP contribution in [0, 0.1) is 0 Å². The lowest BCUT2D eigenvalue weighted by molar-refractivity contribution is 0.671. The molecule has 0 radical (unpaired) electrons. The molecule has 0 aliphatic rings. The van der Waals surface area contributed by atoms with Crippen molar-refractivity contribution >= 4 is 0 Å². The third-order valence-corrected chi connectivity index (χ3v) is 1.25. The van der Waals surface area contributed by atoms with E-state index in [2.05, 4.69) is 15.4 Å². The molecule has 0 aliphatic heterocycles. The number of aromatic nitrogens is 3. The molecular weight excluding hydrogens is 116 g/mol. The van der Waals surface area contributed by atoms with Crippen LogP contribution in [0.25, 0.3) is 0 Å². The molecule has 1 aromatic heterocycles. The van der Waals surface area contributed by atoms with Gasteiger partial charge in [-0.2, -0.15) is 15.4 Å². The van der Waals surface area contributed by atoms with E-state index in [1.54, 1.807) is 6.20 Å². The number of rotatable bonds is 2. The van der Waals surface area contributed by atoms with Gasteiger partial charge in [-0.25, -0.2) is 0 Å². The van der Waals surface area contributed by atoms with Gasteiger partial charge in [0.2, 0.25) is 0 Å². The largest absolute Gasteiger partial charge is 0.323 e. The molecule has 1 atom stereocenters. The smallest absolute Gasteiger partial charge is 0.0991 e. The van der Waals surface area contributed by atoms with Gasteiger partial charge in [-0.15, -0.1) is 0 Å². The minimum Gasteiger partial charge on any atom is -0.323 e. The lowest BCUT2D eigenvalue weighted by atomic mass is 10.2. The monoisotopic (exact) mass is 126 g/mol. The molecule has 0 aliphatic carbocycles. The van der Waals surface area contributed by atoms with Crippen LogP contribution >= 0.6 is 0 Å². The van der Waals surface area contributed by atoms with Crippen LogP contribution in [0.1, 0.15) is 25.1 Å². The summed E-state index contributed by atoms with van der Waals surface area (Å²) < 4.78 is 0. The van der Waals surface area contributed by atoms with Crippen molar-refractivity contribution in [3.05, 3.63) is 11.9 Å². The number of aromatic amines is 1. The zero-order valence-corrected chi connectivity index (χ0v) is 5.33. The van der Waals surface area contributed by atoms with Crippen molar-refractivity contribution in [1.29, 1.82) is 0 Å². The molecule has 4 heteroatoms. The van der Waals surface area contributed by atoms with Crippen LogP contribution in [0.5, 0.6) is 0 Å². The minimum absolute atomic E-state index is 0.0312. The summed E-state index contributed by atoms with van der Waals surface area (Å²) in [6.45, 7) is 2.01. The number of hydrogen-bond donors (Lipinski definition) is 2. The number of nitrogens with two attached hydrogens (primary N) is 1. The molecule has 1 rings (SSSR count). The summed E-state index contributed by atoms with van der Waals surface area (Å²) in [6.07, 6.45) is 2.54. The normalized spacial score (nSPS) is 13.6. The second kappa shape index (κ2) is 2.59. The predicted octanol–water partition coefficient (Wildman–Crippen LogP) is 0.214. The van der Waals surface area contributed by atoms with Crippen molar-refractivity contribution in [3.8, 4) is 0 Å². The molecule has 0 aromatic carbocycles. The fraction of sp³-hybridized carbons (Fsp3) is 0.600. The Labute approximate surface area is 53.5 Å². The molecule has 0 amide bonds. The Morgan fingerprint density at radius 2 is 2.67 bits per heavy atom. The summed E-state index contributed by atoms with van der Waals surface area (Å²) in [5.74, 6) is 0. The number of nitrogens with one attached hydrogen (secondary N) is 1. The highest BCUT2D eigenvalue weighted by Gasteiger charge is 2.03. The van der Waals surface area contributed by atoms with Crippen LogP contribution in [0.4, 0.5) is 0 Å². The van der Waals surface area contributed by atoms with Crippen molar-refractivity contribution in [2.45, 2.75) is 19.4 Å². The van der Waals surface area contributed by atoms with Gasteiger partial charge in [0, 0.05) is 0 Å². The maximum atomic E-state index is 5.62. The zero-order chi connectivity index (χ0) is 6.69. The first-order valence-electron chi connectivity index (χ1n) is 2.96. The second-order valence-corrected chi connectivity index (χ2v) is 1.91. The molecule has 1 heterocycles. The zero-order valence-electron chi connectivity index (χ0n) is 5.33. The van der Waals surface area contributed by atoms with Gasteiger partial charge in [0.15, 0.2) is 0 Å². The van der Waals surface area contributed by atoms with Gasteiger partial charge in [-0.3, -0.25) is 0 Å². The Kier molecular flexibility index (Phi) is 1.79. The minimum atomic E-state index is 0.0312. The van der Waals surface area contributed by atoms with Gasteiger partial charge < -0.3 is 5.73 Å². The molecule has 3 N–H and O–H groups in total. The average Bonchev–Trinajstić information content (AvgIpc) is 2.37. The maximum absolute atomic E-state index is 5.62. The Bertz CT molecular complexity index is 157. The molecule has 0 unspecified atom stereocenters. The van der Waals surface area contributed by atoms with Crippen molar-refractivity contribution in [1.82, 2.24) is 15.4 Å². The lowest BCUT2D eigenvalue weighted by Crippen LogP contribution is -2.08. The SMILES string of the molecule is CC[C@H](N)c1cn[nH]n1. The van der Waals surface area contributed by atoms with Crippen molar-refractivity contribution in [2.24, 2.45) is 5.73 Å². The third-order valence-electron chi connectivity index (χ3n) is 1.25. The molecule has 0 saturated carbocycles. The van der Waals surface area contributed by atoms with Gasteiger partial charge in [-0.1, -0.05) is 6.92 Å². The lowest BCUT2D eigenvalue weighted by Gasteiger charge is -2.00. The molecule has 4 nitrogen and oxygen atoms in total. The Morgan fingerprint density at radius 3 is 3.11 bits per heavy atom. The van der Waals surface area contributed by atoms with E-state index in [0.29, 0.717) is 0 Å². The van der Waals surface area contributed by atoms with Crippen LogP contribution in [0.2, 0.25) is 0 Å². The highest BCUT2D eigenvalue weighted by Crippen LogP contribution is 2.06. The van der Waals surface area contributed by atoms with E-state index in [1.165, 1.54) is 0 Å². The molecule has 50 valence electrons. The van der Waals surface area contributed by atoms with Crippen molar-refractivity contribution < 1.29 is 0 Å². The van der Waals surface area contributed by atoms with E-state index in [4.69, 9.17) is 5.73 Å². The van der Waals surface area contributed by atoms with Crippen molar-refractivity contribution in [3.63, 3.8) is 0 Å². The molecule has 0 spiro atoms. The first-order valence-corrected chi connectivity index (χ1v) is 2.96. The van der Waals surface area contributed by atoms with Gasteiger partial charge in [0.25, 0.3) is 0 Å². The van der Waals surface area contributed by atoms with Crippen LogP contribution in [0.15, 0.2) is 6.20 Å². The Hall–Kier alpha value is -0.900. The van der Waals surface area contributed by atoms with Crippen LogP contribution < -0.4 is 5.73 Å². The number of nitrogens with zero attached hydrogens (tertiary/aromatic N) is 2. The molecule has 0 fully saturated rings. The topological polar surface area (TPSA) is 67.6 Å². The summed E-state index contributed by atoms with van der Waals surface area (Å²) in [7, 11) is 0. The molecule has 1 aromatic rings. The summed E-state index contributed by atoms with van der Waals surface area (Å²) in [5.41, 5.74) is 6.45. The first kappa shape index (κ1) is 6.22. The van der Waals surface area contributed by atoms with Gasteiger partial charge in [0.05, 0.1) is 17.9 Å². The van der Waals surface area contributed by atoms with E-state index in [1.807, 2.05) is 6.92 Å². The second-order valence-electron chi connectivity index (χ2n) is 1.91. The van der Waals surface area contributed by atoms with Crippen molar-refractivity contribution in [2.75, 3.05) is 0 Å². The fourth-order valence-electron chi connectivity index (χ4n) is 0.598. The van der Waals surface area contributed by atoms with Gasteiger partial charge in [-0.05, 0) is 6.42 Å². The predicted molar refractivity (Wildman–Crippen MR) is 33.6 cm³/mol. The summed E-state index contributed by atoms with van der Waals surface area (Å²) >= 11 is 0.